The molecule has 1 atom stereocenters. The number of likely N-dealkylation sites (N-methyl/N-ethyl adjacent to an activating group) is 1. The van der Waals surface area contributed by atoms with Crippen molar-refractivity contribution in [1.82, 2.24) is 14.9 Å². The Morgan fingerprint density at radius 2 is 2.37 bits per heavy atom. The molecule has 0 bridgehead atoms. The molecule has 2 rings (SSSR count). The molecule has 0 radical (unpaired) electrons. The van der Waals surface area contributed by atoms with Gasteiger partial charge in [0.2, 0.25) is 0 Å². The first kappa shape index (κ1) is 14.0. The SMILES string of the molecule is CCCc1nc(N)cc(NCC2CN(C)CCO2)n1. The summed E-state index contributed by atoms with van der Waals surface area (Å²) in [6.45, 7) is 5.57. The molecule has 1 aliphatic heterocycles. The second kappa shape index (κ2) is 6.68. The summed E-state index contributed by atoms with van der Waals surface area (Å²) in [6.07, 6.45) is 2.06. The van der Waals surface area contributed by atoms with Gasteiger partial charge in [-0.25, -0.2) is 9.97 Å². The minimum Gasteiger partial charge on any atom is -0.384 e. The Kier molecular flexibility index (Phi) is 4.93. The van der Waals surface area contributed by atoms with E-state index in [1.54, 1.807) is 6.07 Å². The largest absolute Gasteiger partial charge is 0.384 e. The smallest absolute Gasteiger partial charge is 0.133 e. The van der Waals surface area contributed by atoms with Gasteiger partial charge in [0.1, 0.15) is 17.5 Å². The second-order valence-corrected chi connectivity index (χ2v) is 4.98. The molecule has 106 valence electrons. The fraction of sp³-hybridized carbons (Fsp3) is 0.692. The maximum atomic E-state index is 5.79. The summed E-state index contributed by atoms with van der Waals surface area (Å²) in [4.78, 5) is 10.9. The summed E-state index contributed by atoms with van der Waals surface area (Å²) in [7, 11) is 2.11. The predicted octanol–water partition coefficient (Wildman–Crippen LogP) is 0.754. The standard InChI is InChI=1S/C13H23N5O/c1-3-4-12-16-11(14)7-13(17-12)15-8-10-9-18(2)5-6-19-10/h7,10H,3-6,8-9H2,1-2H3,(H3,14,15,16,17). The van der Waals surface area contributed by atoms with Crippen molar-refractivity contribution in [1.29, 1.82) is 0 Å². The molecule has 1 fully saturated rings. The third-order valence-electron chi connectivity index (χ3n) is 3.12. The van der Waals surface area contributed by atoms with Crippen molar-refractivity contribution in [2.45, 2.75) is 25.9 Å². The van der Waals surface area contributed by atoms with Crippen LogP contribution in [0, 0.1) is 0 Å². The van der Waals surface area contributed by atoms with E-state index >= 15 is 0 Å². The molecule has 2 heterocycles. The van der Waals surface area contributed by atoms with E-state index in [1.807, 2.05) is 0 Å². The average molecular weight is 265 g/mol. The van der Waals surface area contributed by atoms with Gasteiger partial charge in [0.05, 0.1) is 12.7 Å². The Hall–Kier alpha value is -1.40. The van der Waals surface area contributed by atoms with Crippen molar-refractivity contribution in [3.8, 4) is 0 Å². The van der Waals surface area contributed by atoms with Crippen LogP contribution in [0.25, 0.3) is 0 Å². The second-order valence-electron chi connectivity index (χ2n) is 4.98. The molecule has 0 amide bonds. The van der Waals surface area contributed by atoms with E-state index in [9.17, 15) is 0 Å². The number of morpholine rings is 1. The van der Waals surface area contributed by atoms with E-state index in [4.69, 9.17) is 10.5 Å². The molecule has 0 saturated carbocycles. The Labute approximate surface area is 114 Å². The summed E-state index contributed by atoms with van der Waals surface area (Å²) < 4.78 is 5.70. The molecular weight excluding hydrogens is 242 g/mol. The van der Waals surface area contributed by atoms with E-state index in [0.29, 0.717) is 5.82 Å². The number of rotatable bonds is 5. The number of anilines is 2. The van der Waals surface area contributed by atoms with Crippen LogP contribution in [0.15, 0.2) is 6.07 Å². The van der Waals surface area contributed by atoms with Gasteiger partial charge >= 0.3 is 0 Å². The maximum absolute atomic E-state index is 5.79. The van der Waals surface area contributed by atoms with Gasteiger partial charge in [-0.2, -0.15) is 0 Å². The van der Waals surface area contributed by atoms with Crippen LogP contribution in [-0.2, 0) is 11.2 Å². The minimum atomic E-state index is 0.199. The number of hydrogen-bond donors (Lipinski definition) is 2. The van der Waals surface area contributed by atoms with Crippen molar-refractivity contribution in [3.05, 3.63) is 11.9 Å². The van der Waals surface area contributed by atoms with E-state index in [2.05, 4.69) is 34.2 Å². The highest BCUT2D eigenvalue weighted by Gasteiger charge is 2.17. The van der Waals surface area contributed by atoms with Gasteiger partial charge in [-0.1, -0.05) is 6.92 Å². The van der Waals surface area contributed by atoms with E-state index < -0.39 is 0 Å². The number of nitrogens with zero attached hydrogens (tertiary/aromatic N) is 3. The van der Waals surface area contributed by atoms with Crippen LogP contribution in [0.4, 0.5) is 11.6 Å². The Bertz CT molecular complexity index is 412. The quantitative estimate of drug-likeness (QED) is 0.818. The molecule has 6 heteroatoms. The molecule has 0 aliphatic carbocycles. The van der Waals surface area contributed by atoms with Crippen LogP contribution < -0.4 is 11.1 Å². The first-order valence-electron chi connectivity index (χ1n) is 6.85. The fourth-order valence-electron chi connectivity index (χ4n) is 2.15. The fourth-order valence-corrected chi connectivity index (χ4v) is 2.15. The van der Waals surface area contributed by atoms with Gasteiger partial charge in [-0.05, 0) is 13.5 Å². The molecule has 19 heavy (non-hydrogen) atoms. The summed E-state index contributed by atoms with van der Waals surface area (Å²) in [5.74, 6) is 2.10. The van der Waals surface area contributed by atoms with Gasteiger partial charge in [0.15, 0.2) is 0 Å². The van der Waals surface area contributed by atoms with Crippen molar-refractivity contribution >= 4 is 11.6 Å². The lowest BCUT2D eigenvalue weighted by Gasteiger charge is -2.30. The lowest BCUT2D eigenvalue weighted by atomic mass is 10.3. The minimum absolute atomic E-state index is 0.199. The molecule has 1 unspecified atom stereocenters. The van der Waals surface area contributed by atoms with Gasteiger partial charge in [-0.3, -0.25) is 0 Å². The number of ether oxygens (including phenoxy) is 1. The first-order chi connectivity index (χ1) is 9.17. The number of nitrogens with one attached hydrogen (secondary N) is 1. The van der Waals surface area contributed by atoms with Crippen LogP contribution in [0.3, 0.4) is 0 Å². The molecule has 1 saturated heterocycles. The number of hydrogen-bond acceptors (Lipinski definition) is 6. The zero-order valence-electron chi connectivity index (χ0n) is 11.7. The molecule has 3 N–H and O–H groups in total. The lowest BCUT2D eigenvalue weighted by Crippen LogP contribution is -2.43. The van der Waals surface area contributed by atoms with E-state index in [-0.39, 0.29) is 6.10 Å². The topological polar surface area (TPSA) is 76.3 Å². The van der Waals surface area contributed by atoms with Crippen molar-refractivity contribution in [2.75, 3.05) is 44.3 Å². The molecule has 1 aromatic heterocycles. The van der Waals surface area contributed by atoms with Crippen molar-refractivity contribution in [3.63, 3.8) is 0 Å². The Morgan fingerprint density at radius 3 is 3.11 bits per heavy atom. The monoisotopic (exact) mass is 265 g/mol. The molecular formula is C13H23N5O. The van der Waals surface area contributed by atoms with Crippen LogP contribution in [0.5, 0.6) is 0 Å². The zero-order valence-corrected chi connectivity index (χ0v) is 11.7. The van der Waals surface area contributed by atoms with Crippen LogP contribution in [0.1, 0.15) is 19.2 Å². The molecule has 1 aromatic rings. The number of aromatic nitrogens is 2. The zero-order chi connectivity index (χ0) is 13.7. The number of nitrogens with two attached hydrogens (primary N) is 1. The van der Waals surface area contributed by atoms with Gasteiger partial charge in [-0.15, -0.1) is 0 Å². The third-order valence-corrected chi connectivity index (χ3v) is 3.12. The normalized spacial score (nSPS) is 20.4. The molecule has 1 aliphatic rings. The summed E-state index contributed by atoms with van der Waals surface area (Å²) >= 11 is 0. The summed E-state index contributed by atoms with van der Waals surface area (Å²) in [6, 6.07) is 1.77. The highest BCUT2D eigenvalue weighted by Crippen LogP contribution is 2.11. The first-order valence-corrected chi connectivity index (χ1v) is 6.85. The average Bonchev–Trinajstić information content (AvgIpc) is 2.36. The van der Waals surface area contributed by atoms with Gasteiger partial charge in [0.25, 0.3) is 0 Å². The van der Waals surface area contributed by atoms with Gasteiger partial charge < -0.3 is 20.7 Å². The highest BCUT2D eigenvalue weighted by atomic mass is 16.5. The predicted molar refractivity (Wildman–Crippen MR) is 76.2 cm³/mol. The number of aryl methyl sites for hydroxylation is 1. The van der Waals surface area contributed by atoms with Crippen LogP contribution in [0.2, 0.25) is 0 Å². The molecule has 0 spiro atoms. The van der Waals surface area contributed by atoms with E-state index in [0.717, 1.165) is 50.7 Å². The maximum Gasteiger partial charge on any atom is 0.133 e. The van der Waals surface area contributed by atoms with Gasteiger partial charge in [0, 0.05) is 32.1 Å². The molecule has 6 nitrogen and oxygen atoms in total. The Morgan fingerprint density at radius 1 is 1.53 bits per heavy atom. The number of nitrogen functional groups attached to an aromatic ring is 1. The van der Waals surface area contributed by atoms with Crippen LogP contribution in [-0.4, -0.2) is 54.3 Å². The highest BCUT2D eigenvalue weighted by molar-refractivity contribution is 5.44. The summed E-state index contributed by atoms with van der Waals surface area (Å²) in [5, 5.41) is 3.29. The van der Waals surface area contributed by atoms with Crippen LogP contribution >= 0.6 is 0 Å². The summed E-state index contributed by atoms with van der Waals surface area (Å²) in [5.41, 5.74) is 5.79. The molecule has 0 aromatic carbocycles. The van der Waals surface area contributed by atoms with E-state index in [1.165, 1.54) is 0 Å². The van der Waals surface area contributed by atoms with Crippen molar-refractivity contribution < 1.29 is 4.74 Å². The Balaban J connectivity index is 1.91. The van der Waals surface area contributed by atoms with Crippen molar-refractivity contribution in [2.24, 2.45) is 0 Å². The third kappa shape index (κ3) is 4.33. The lowest BCUT2D eigenvalue weighted by molar-refractivity contribution is -0.0117.